The molecule has 3 N–H and O–H groups in total. The highest BCUT2D eigenvalue weighted by Gasteiger charge is 2.70. The molecule has 0 aromatic heterocycles. The highest BCUT2D eigenvalue weighted by atomic mass is 16.4. The topological polar surface area (TPSA) is 94.8 Å². The molecule has 196 valence electrons. The summed E-state index contributed by atoms with van der Waals surface area (Å²) >= 11 is 0. The first-order valence-corrected chi connectivity index (χ1v) is 13.9. The fraction of sp³-hybridized carbons (Fsp3) is 0.867. The normalized spacial score (nSPS) is 52.7. The van der Waals surface area contributed by atoms with Crippen LogP contribution in [0.2, 0.25) is 0 Å². The maximum atomic E-state index is 12.8. The molecule has 0 aliphatic heterocycles. The summed E-state index contributed by atoms with van der Waals surface area (Å²) in [7, 11) is 0. The van der Waals surface area contributed by atoms with Gasteiger partial charge in [0, 0.05) is 0 Å². The minimum atomic E-state index is -1.11. The minimum Gasteiger partial charge on any atom is -0.481 e. The molecule has 0 aromatic rings. The molecule has 9 atom stereocenters. The van der Waals surface area contributed by atoms with Crippen LogP contribution in [-0.2, 0) is 9.59 Å². The second-order valence-electron chi connectivity index (χ2n) is 14.8. The summed E-state index contributed by atoms with van der Waals surface area (Å²) < 4.78 is 0. The fourth-order valence-electron chi connectivity index (χ4n) is 10.6. The minimum absolute atomic E-state index is 0.00368. The quantitative estimate of drug-likeness (QED) is 0.398. The highest BCUT2D eigenvalue weighted by molar-refractivity contribution is 5.77. The molecular formula is C30H46O5. The Morgan fingerprint density at radius 1 is 0.829 bits per heavy atom. The van der Waals surface area contributed by atoms with E-state index in [2.05, 4.69) is 40.7 Å². The van der Waals surface area contributed by atoms with Crippen LogP contribution < -0.4 is 0 Å². The van der Waals surface area contributed by atoms with Gasteiger partial charge in [0.2, 0.25) is 0 Å². The molecule has 0 unspecified atom stereocenters. The lowest BCUT2D eigenvalue weighted by atomic mass is 9.33. The van der Waals surface area contributed by atoms with Crippen molar-refractivity contribution in [3.63, 3.8) is 0 Å². The maximum absolute atomic E-state index is 12.8. The first kappa shape index (κ1) is 25.3. The molecule has 35 heavy (non-hydrogen) atoms. The maximum Gasteiger partial charge on any atom is 0.312 e. The zero-order chi connectivity index (χ0) is 25.8. The molecule has 5 aliphatic carbocycles. The molecule has 5 heteroatoms. The van der Waals surface area contributed by atoms with Gasteiger partial charge < -0.3 is 15.3 Å². The number of allylic oxidation sites excluding steroid dienone is 2. The lowest BCUT2D eigenvalue weighted by Crippen LogP contribution is -2.66. The van der Waals surface area contributed by atoms with Crippen LogP contribution in [0.3, 0.4) is 0 Å². The highest BCUT2D eigenvalue weighted by Crippen LogP contribution is 2.75. The first-order chi connectivity index (χ1) is 16.1. The average Bonchev–Trinajstić information content (AvgIpc) is 2.76. The molecule has 0 amide bonds. The summed E-state index contributed by atoms with van der Waals surface area (Å²) in [4.78, 5) is 25.3. The monoisotopic (exact) mass is 486 g/mol. The number of aliphatic hydroxyl groups excluding tert-OH is 1. The third-order valence-corrected chi connectivity index (χ3v) is 13.2. The molecule has 0 aromatic carbocycles. The van der Waals surface area contributed by atoms with E-state index >= 15 is 0 Å². The van der Waals surface area contributed by atoms with E-state index in [0.717, 1.165) is 57.8 Å². The summed E-state index contributed by atoms with van der Waals surface area (Å²) in [6, 6.07) is 0. The molecule has 0 saturated heterocycles. The van der Waals surface area contributed by atoms with Gasteiger partial charge in [-0.2, -0.15) is 0 Å². The molecule has 4 fully saturated rings. The molecular weight excluding hydrogens is 440 g/mol. The van der Waals surface area contributed by atoms with Gasteiger partial charge in [-0.25, -0.2) is 0 Å². The Morgan fingerprint density at radius 3 is 2.11 bits per heavy atom. The van der Waals surface area contributed by atoms with Crippen molar-refractivity contribution >= 4 is 11.9 Å². The van der Waals surface area contributed by atoms with Gasteiger partial charge in [0.05, 0.1) is 16.9 Å². The van der Waals surface area contributed by atoms with Crippen LogP contribution in [0.5, 0.6) is 0 Å². The molecule has 4 saturated carbocycles. The van der Waals surface area contributed by atoms with E-state index in [4.69, 9.17) is 0 Å². The summed E-state index contributed by atoms with van der Waals surface area (Å²) in [6.07, 6.45) is 9.97. The van der Waals surface area contributed by atoms with E-state index in [-0.39, 0.29) is 33.5 Å². The number of hydrogen-bond donors (Lipinski definition) is 3. The number of hydrogen-bond acceptors (Lipinski definition) is 3. The predicted molar refractivity (Wildman–Crippen MR) is 135 cm³/mol. The van der Waals surface area contributed by atoms with Crippen LogP contribution >= 0.6 is 0 Å². The third kappa shape index (κ3) is 2.97. The number of aliphatic hydroxyl groups is 1. The van der Waals surface area contributed by atoms with E-state index < -0.39 is 28.9 Å². The largest absolute Gasteiger partial charge is 0.481 e. The number of carboxylic acid groups (broad SMARTS) is 2. The van der Waals surface area contributed by atoms with Gasteiger partial charge in [-0.1, -0.05) is 46.3 Å². The Hall–Kier alpha value is -1.36. The zero-order valence-corrected chi connectivity index (χ0v) is 22.6. The number of carboxylic acids is 2. The van der Waals surface area contributed by atoms with Crippen molar-refractivity contribution in [2.75, 3.05) is 0 Å². The number of carbonyl (C=O) groups is 2. The van der Waals surface area contributed by atoms with E-state index in [1.165, 1.54) is 5.57 Å². The van der Waals surface area contributed by atoms with Crippen molar-refractivity contribution in [3.05, 3.63) is 11.6 Å². The first-order valence-electron chi connectivity index (χ1n) is 13.9. The number of rotatable bonds is 2. The Morgan fingerprint density at radius 2 is 1.49 bits per heavy atom. The van der Waals surface area contributed by atoms with Crippen molar-refractivity contribution in [1.82, 2.24) is 0 Å². The molecule has 5 nitrogen and oxygen atoms in total. The van der Waals surface area contributed by atoms with Crippen molar-refractivity contribution in [2.45, 2.75) is 112 Å². The standard InChI is InChI=1S/C30H46O5/c1-25(2)13-15-30(24(34)35)16-14-27(4)18(19(30)17-25)7-8-20-26(3)11-10-22(31)29(6,23(32)33)21(26)9-12-28(20,27)5/h7,19-22,31H,8-17H2,1-6H3,(H,32,33)(H,34,35)/t19-,20-,21-,22+,26-,27-,28-,29+,30+/m1/s1. The molecule has 0 heterocycles. The van der Waals surface area contributed by atoms with Gasteiger partial charge in [-0.05, 0) is 111 Å². The van der Waals surface area contributed by atoms with E-state index in [1.54, 1.807) is 6.92 Å². The molecule has 0 bridgehead atoms. The number of aliphatic carboxylic acids is 2. The lowest BCUT2D eigenvalue weighted by Gasteiger charge is -2.70. The predicted octanol–water partition coefficient (Wildman–Crippen LogP) is 6.30. The van der Waals surface area contributed by atoms with Gasteiger partial charge in [0.25, 0.3) is 0 Å². The zero-order valence-electron chi connectivity index (χ0n) is 22.6. The van der Waals surface area contributed by atoms with Gasteiger partial charge in [0.15, 0.2) is 0 Å². The van der Waals surface area contributed by atoms with Gasteiger partial charge in [-0.3, -0.25) is 9.59 Å². The molecule has 5 rings (SSSR count). The second kappa shape index (κ2) is 7.36. The molecule has 5 aliphatic rings. The molecule has 0 radical (unpaired) electrons. The van der Waals surface area contributed by atoms with Crippen molar-refractivity contribution in [2.24, 2.45) is 50.2 Å². The Labute approximate surface area is 210 Å². The van der Waals surface area contributed by atoms with Crippen LogP contribution in [-0.4, -0.2) is 33.4 Å². The Bertz CT molecular complexity index is 983. The summed E-state index contributed by atoms with van der Waals surface area (Å²) in [5.41, 5.74) is -0.437. The van der Waals surface area contributed by atoms with E-state index in [1.807, 2.05) is 0 Å². The van der Waals surface area contributed by atoms with E-state index in [0.29, 0.717) is 12.3 Å². The fourth-order valence-corrected chi connectivity index (χ4v) is 10.6. The molecule has 0 spiro atoms. The Kier molecular flexibility index (Phi) is 5.32. The average molecular weight is 487 g/mol. The van der Waals surface area contributed by atoms with Crippen molar-refractivity contribution < 1.29 is 24.9 Å². The lowest BCUT2D eigenvalue weighted by molar-refractivity contribution is -0.217. The smallest absolute Gasteiger partial charge is 0.312 e. The van der Waals surface area contributed by atoms with Crippen LogP contribution in [0.4, 0.5) is 0 Å². The van der Waals surface area contributed by atoms with Crippen molar-refractivity contribution in [1.29, 1.82) is 0 Å². The van der Waals surface area contributed by atoms with E-state index in [9.17, 15) is 24.9 Å². The van der Waals surface area contributed by atoms with Gasteiger partial charge >= 0.3 is 11.9 Å². The second-order valence-corrected chi connectivity index (χ2v) is 14.8. The van der Waals surface area contributed by atoms with Crippen LogP contribution in [0.25, 0.3) is 0 Å². The van der Waals surface area contributed by atoms with Crippen molar-refractivity contribution in [3.8, 4) is 0 Å². The Balaban J connectivity index is 1.60. The SMILES string of the molecule is CC1(C)CC[C@]2(C(=O)O)CC[C@]3(C)C(=CC[C@@H]4[C@@]5(C)CC[C@H](O)[C@@](C)(C(=O)O)[C@@H]5CC[C@]43C)[C@H]2C1. The van der Waals surface area contributed by atoms with Crippen LogP contribution in [0.1, 0.15) is 106 Å². The summed E-state index contributed by atoms with van der Waals surface area (Å²) in [6.45, 7) is 13.5. The van der Waals surface area contributed by atoms with Gasteiger partial charge in [-0.15, -0.1) is 0 Å². The van der Waals surface area contributed by atoms with Crippen LogP contribution in [0, 0.1) is 50.2 Å². The summed E-state index contributed by atoms with van der Waals surface area (Å²) in [5.74, 6) is -1.10. The summed E-state index contributed by atoms with van der Waals surface area (Å²) in [5, 5.41) is 31.6. The van der Waals surface area contributed by atoms with Crippen LogP contribution in [0.15, 0.2) is 11.6 Å². The third-order valence-electron chi connectivity index (χ3n) is 13.2. The van der Waals surface area contributed by atoms with Gasteiger partial charge in [0.1, 0.15) is 0 Å². The number of fused-ring (bicyclic) bond motifs is 7.